The van der Waals surface area contributed by atoms with Crippen molar-refractivity contribution in [3.05, 3.63) is 63.7 Å². The zero-order valence-electron chi connectivity index (χ0n) is 16.6. The molecule has 0 bridgehead atoms. The lowest BCUT2D eigenvalue weighted by molar-refractivity contribution is -0.384. The molecule has 1 aromatic heterocycles. The van der Waals surface area contributed by atoms with Crippen molar-refractivity contribution in [1.29, 1.82) is 0 Å². The Morgan fingerprint density at radius 3 is 2.77 bits per heavy atom. The number of benzene rings is 2. The number of fused-ring (bicyclic) bond motifs is 1. The van der Waals surface area contributed by atoms with E-state index in [2.05, 4.69) is 4.90 Å². The summed E-state index contributed by atoms with van der Waals surface area (Å²) in [6, 6.07) is 11.8. The summed E-state index contributed by atoms with van der Waals surface area (Å²) < 4.78 is 6.41. The minimum absolute atomic E-state index is 0.103. The summed E-state index contributed by atoms with van der Waals surface area (Å²) in [7, 11) is 0. The van der Waals surface area contributed by atoms with Crippen molar-refractivity contribution in [2.75, 3.05) is 44.3 Å². The molecule has 1 fully saturated rings. The second-order valence-electron chi connectivity index (χ2n) is 7.14. The molecular weight excluding hydrogens is 404 g/mol. The quantitative estimate of drug-likeness (QED) is 0.443. The van der Waals surface area contributed by atoms with E-state index in [9.17, 15) is 14.9 Å². The topological polar surface area (TPSA) is 88.8 Å². The van der Waals surface area contributed by atoms with Gasteiger partial charge in [0.2, 0.25) is 0 Å². The number of anilines is 1. The van der Waals surface area contributed by atoms with Gasteiger partial charge in [-0.2, -0.15) is 0 Å². The van der Waals surface area contributed by atoms with Crippen LogP contribution < -0.4 is 4.90 Å². The number of non-ortho nitro benzene ring substituents is 1. The van der Waals surface area contributed by atoms with Crippen LogP contribution in [0.3, 0.4) is 0 Å². The number of aryl methyl sites for hydroxylation is 1. The monoisotopic (exact) mass is 426 g/mol. The van der Waals surface area contributed by atoms with Gasteiger partial charge < -0.3 is 4.74 Å². The Hall–Kier alpha value is -2.88. The number of ether oxygens (including phenoxy) is 1. The Balaban J connectivity index is 1.66. The predicted molar refractivity (Wildman–Crippen MR) is 116 cm³/mol. The van der Waals surface area contributed by atoms with Gasteiger partial charge in [-0.3, -0.25) is 24.7 Å². The normalized spacial score (nSPS) is 14.7. The Morgan fingerprint density at radius 1 is 1.27 bits per heavy atom. The first-order valence-electron chi connectivity index (χ1n) is 9.75. The van der Waals surface area contributed by atoms with Crippen LogP contribution >= 0.6 is 11.3 Å². The lowest BCUT2D eigenvalue weighted by atomic mass is 10.2. The van der Waals surface area contributed by atoms with Crippen molar-refractivity contribution in [2.24, 2.45) is 0 Å². The molecule has 0 spiro atoms. The van der Waals surface area contributed by atoms with Crippen LogP contribution in [-0.2, 0) is 4.74 Å². The summed E-state index contributed by atoms with van der Waals surface area (Å²) in [5.41, 5.74) is 2.10. The average Bonchev–Trinajstić information content (AvgIpc) is 3.20. The van der Waals surface area contributed by atoms with Crippen molar-refractivity contribution < 1.29 is 14.5 Å². The maximum absolute atomic E-state index is 13.4. The summed E-state index contributed by atoms with van der Waals surface area (Å²) in [4.78, 5) is 32.7. The molecule has 0 saturated carbocycles. The maximum Gasteiger partial charge on any atom is 0.270 e. The molecule has 156 valence electrons. The van der Waals surface area contributed by atoms with Gasteiger partial charge in [0, 0.05) is 43.9 Å². The number of aromatic nitrogens is 1. The van der Waals surface area contributed by atoms with Gasteiger partial charge in [-0.1, -0.05) is 29.5 Å². The van der Waals surface area contributed by atoms with E-state index in [4.69, 9.17) is 9.72 Å². The van der Waals surface area contributed by atoms with Crippen LogP contribution in [0.5, 0.6) is 0 Å². The summed E-state index contributed by atoms with van der Waals surface area (Å²) in [5, 5.41) is 11.8. The highest BCUT2D eigenvalue weighted by Gasteiger charge is 2.24. The number of hydrogen-bond donors (Lipinski definition) is 0. The number of nitro groups is 1. The van der Waals surface area contributed by atoms with Crippen LogP contribution in [-0.4, -0.2) is 60.1 Å². The van der Waals surface area contributed by atoms with Gasteiger partial charge in [0.1, 0.15) is 0 Å². The molecule has 1 aliphatic rings. The van der Waals surface area contributed by atoms with Crippen LogP contribution in [0.1, 0.15) is 15.9 Å². The van der Waals surface area contributed by atoms with Gasteiger partial charge in [-0.05, 0) is 24.6 Å². The molecule has 9 heteroatoms. The van der Waals surface area contributed by atoms with E-state index >= 15 is 0 Å². The van der Waals surface area contributed by atoms with Crippen molar-refractivity contribution in [3.8, 4) is 0 Å². The minimum Gasteiger partial charge on any atom is -0.379 e. The molecule has 3 aromatic rings. The molecule has 1 aliphatic heterocycles. The van der Waals surface area contributed by atoms with E-state index in [0.717, 1.165) is 28.9 Å². The lowest BCUT2D eigenvalue weighted by Gasteiger charge is -2.29. The van der Waals surface area contributed by atoms with Crippen molar-refractivity contribution >= 4 is 38.3 Å². The van der Waals surface area contributed by atoms with Crippen molar-refractivity contribution in [1.82, 2.24) is 9.88 Å². The number of amides is 1. The number of nitro benzene ring substituents is 1. The Kier molecular flexibility index (Phi) is 6.03. The summed E-state index contributed by atoms with van der Waals surface area (Å²) in [6.07, 6.45) is 0. The largest absolute Gasteiger partial charge is 0.379 e. The number of hydrogen-bond acceptors (Lipinski definition) is 7. The SMILES string of the molecule is Cc1cccc2sc(N(CCN3CCOCC3)C(=O)c3cccc([N+](=O)[O-])c3)nc12. The number of carbonyl (C=O) groups excluding carboxylic acids is 1. The Bertz CT molecular complexity index is 1080. The van der Waals surface area contributed by atoms with E-state index in [1.54, 1.807) is 11.0 Å². The first-order valence-corrected chi connectivity index (χ1v) is 10.6. The number of rotatable bonds is 6. The lowest BCUT2D eigenvalue weighted by Crippen LogP contribution is -2.43. The van der Waals surface area contributed by atoms with E-state index in [-0.39, 0.29) is 17.2 Å². The summed E-state index contributed by atoms with van der Waals surface area (Å²) >= 11 is 1.46. The van der Waals surface area contributed by atoms with Gasteiger partial charge in [-0.25, -0.2) is 4.98 Å². The fraction of sp³-hybridized carbons (Fsp3) is 0.333. The molecular formula is C21H22N4O4S. The third kappa shape index (κ3) is 4.33. The van der Waals surface area contributed by atoms with Gasteiger partial charge >= 0.3 is 0 Å². The smallest absolute Gasteiger partial charge is 0.270 e. The molecule has 0 unspecified atom stereocenters. The Labute approximate surface area is 177 Å². The average molecular weight is 426 g/mol. The standard InChI is InChI=1S/C21H22N4O4S/c1-15-4-2-7-18-19(15)22-21(30-18)24(9-8-23-10-12-29-13-11-23)20(26)16-5-3-6-17(14-16)25(27)28/h2-7,14H,8-13H2,1H3. The molecule has 2 aromatic carbocycles. The zero-order chi connectivity index (χ0) is 21.1. The predicted octanol–water partition coefficient (Wildman–Crippen LogP) is 3.49. The molecule has 2 heterocycles. The van der Waals surface area contributed by atoms with Crippen molar-refractivity contribution in [3.63, 3.8) is 0 Å². The number of thiazole rings is 1. The molecule has 1 saturated heterocycles. The fourth-order valence-electron chi connectivity index (χ4n) is 3.45. The third-order valence-corrected chi connectivity index (χ3v) is 6.18. The van der Waals surface area contributed by atoms with Gasteiger partial charge in [0.15, 0.2) is 5.13 Å². The van der Waals surface area contributed by atoms with Gasteiger partial charge in [0.05, 0.1) is 28.4 Å². The van der Waals surface area contributed by atoms with Crippen LogP contribution in [0.4, 0.5) is 10.8 Å². The maximum atomic E-state index is 13.4. The number of morpholine rings is 1. The minimum atomic E-state index is -0.490. The molecule has 30 heavy (non-hydrogen) atoms. The van der Waals surface area contributed by atoms with Gasteiger partial charge in [-0.15, -0.1) is 0 Å². The van der Waals surface area contributed by atoms with E-state index in [1.165, 1.54) is 29.5 Å². The highest BCUT2D eigenvalue weighted by atomic mass is 32.1. The second kappa shape index (κ2) is 8.86. The van der Waals surface area contributed by atoms with Crippen LogP contribution in [0.15, 0.2) is 42.5 Å². The third-order valence-electron chi connectivity index (χ3n) is 5.13. The number of nitrogens with zero attached hydrogens (tertiary/aromatic N) is 4. The molecule has 0 N–H and O–H groups in total. The van der Waals surface area contributed by atoms with Crippen LogP contribution in [0.2, 0.25) is 0 Å². The van der Waals surface area contributed by atoms with E-state index < -0.39 is 4.92 Å². The Morgan fingerprint density at radius 2 is 2.03 bits per heavy atom. The fourth-order valence-corrected chi connectivity index (χ4v) is 4.52. The molecule has 8 nitrogen and oxygen atoms in total. The first kappa shape index (κ1) is 20.4. The second-order valence-corrected chi connectivity index (χ2v) is 8.15. The summed E-state index contributed by atoms with van der Waals surface area (Å²) in [5.74, 6) is -0.288. The zero-order valence-corrected chi connectivity index (χ0v) is 17.4. The molecule has 4 rings (SSSR count). The molecule has 0 aliphatic carbocycles. The number of carbonyl (C=O) groups is 1. The van der Waals surface area contributed by atoms with Crippen molar-refractivity contribution in [2.45, 2.75) is 6.92 Å². The first-order chi connectivity index (χ1) is 14.5. The summed E-state index contributed by atoms with van der Waals surface area (Å²) in [6.45, 7) is 6.11. The highest BCUT2D eigenvalue weighted by molar-refractivity contribution is 7.22. The van der Waals surface area contributed by atoms with Gasteiger partial charge in [0.25, 0.3) is 11.6 Å². The molecule has 0 atom stereocenters. The van der Waals surface area contributed by atoms with Crippen LogP contribution in [0.25, 0.3) is 10.2 Å². The number of para-hydroxylation sites is 1. The van der Waals surface area contributed by atoms with Crippen LogP contribution in [0, 0.1) is 17.0 Å². The highest BCUT2D eigenvalue weighted by Crippen LogP contribution is 2.31. The molecule has 0 radical (unpaired) electrons. The van der Waals surface area contributed by atoms with E-state index in [1.807, 2.05) is 25.1 Å². The van der Waals surface area contributed by atoms with E-state index in [0.29, 0.717) is 31.4 Å². The molecule has 1 amide bonds.